The maximum Gasteiger partial charge on any atom is 0.472 e. The number of allylic oxidation sites excluding steroid dienone is 10. The zero-order valence-electron chi connectivity index (χ0n) is 51.9. The summed E-state index contributed by atoms with van der Waals surface area (Å²) in [6.45, 7) is 3.69. The van der Waals surface area contributed by atoms with Crippen LogP contribution < -0.4 is 5.73 Å². The van der Waals surface area contributed by atoms with E-state index in [4.69, 9.17) is 24.3 Å². The first kappa shape index (κ1) is 76.7. The Balaban J connectivity index is 3.86. The fourth-order valence-corrected chi connectivity index (χ4v) is 10.7. The number of hydrogen-bond donors (Lipinski definition) is 2. The van der Waals surface area contributed by atoms with Gasteiger partial charge < -0.3 is 20.1 Å². The molecule has 0 spiro atoms. The van der Waals surface area contributed by atoms with Crippen LogP contribution in [0.2, 0.25) is 0 Å². The molecule has 0 radical (unpaired) electrons. The number of esters is 2. The van der Waals surface area contributed by atoms with Crippen LogP contribution in [0.1, 0.15) is 335 Å². The molecule has 0 saturated heterocycles. The van der Waals surface area contributed by atoms with Crippen molar-refractivity contribution in [2.24, 2.45) is 5.73 Å². The first-order chi connectivity index (χ1) is 38.8. The predicted octanol–water partition coefficient (Wildman–Crippen LogP) is 21.9. The highest BCUT2D eigenvalue weighted by Crippen LogP contribution is 2.43. The summed E-state index contributed by atoms with van der Waals surface area (Å²) in [5.41, 5.74) is 5.40. The highest BCUT2D eigenvalue weighted by molar-refractivity contribution is 7.47. The summed E-state index contributed by atoms with van der Waals surface area (Å²) in [4.78, 5) is 35.3. The molecule has 2 atom stereocenters. The van der Waals surface area contributed by atoms with Crippen molar-refractivity contribution in [1.29, 1.82) is 0 Å². The lowest BCUT2D eigenvalue weighted by atomic mass is 10.0. The van der Waals surface area contributed by atoms with Crippen LogP contribution in [-0.2, 0) is 32.7 Å². The van der Waals surface area contributed by atoms with E-state index in [0.29, 0.717) is 6.42 Å². The third kappa shape index (κ3) is 64.7. The van der Waals surface area contributed by atoms with Gasteiger partial charge >= 0.3 is 19.8 Å². The quantitative estimate of drug-likeness (QED) is 0.0264. The molecule has 0 rings (SSSR count). The molecule has 0 aliphatic carbocycles. The van der Waals surface area contributed by atoms with Gasteiger partial charge in [-0.25, -0.2) is 4.57 Å². The van der Waals surface area contributed by atoms with E-state index in [9.17, 15) is 19.0 Å². The Hall–Kier alpha value is -2.29. The van der Waals surface area contributed by atoms with Crippen molar-refractivity contribution in [3.63, 3.8) is 0 Å². The third-order valence-corrected chi connectivity index (χ3v) is 15.9. The highest BCUT2D eigenvalue weighted by atomic mass is 31.2. The molecule has 462 valence electrons. The van der Waals surface area contributed by atoms with Crippen LogP contribution in [0.5, 0.6) is 0 Å². The maximum atomic E-state index is 12.8. The molecule has 0 aromatic heterocycles. The van der Waals surface area contributed by atoms with Crippen LogP contribution in [0.4, 0.5) is 0 Å². The lowest BCUT2D eigenvalue weighted by Crippen LogP contribution is -2.29. The van der Waals surface area contributed by atoms with Crippen molar-refractivity contribution < 1.29 is 37.6 Å². The van der Waals surface area contributed by atoms with E-state index in [0.717, 1.165) is 70.6 Å². The molecule has 2 unspecified atom stereocenters. The predicted molar refractivity (Wildman–Crippen MR) is 340 cm³/mol. The van der Waals surface area contributed by atoms with Crippen molar-refractivity contribution in [2.45, 2.75) is 341 Å². The molecule has 0 fully saturated rings. The van der Waals surface area contributed by atoms with Gasteiger partial charge in [-0.15, -0.1) is 0 Å². The number of unbranched alkanes of at least 4 members (excludes halogenated alkanes) is 41. The van der Waals surface area contributed by atoms with Gasteiger partial charge in [-0.2, -0.15) is 0 Å². The smallest absolute Gasteiger partial charge is 0.462 e. The van der Waals surface area contributed by atoms with Crippen molar-refractivity contribution in [3.05, 3.63) is 60.8 Å². The Morgan fingerprint density at radius 2 is 0.696 bits per heavy atom. The van der Waals surface area contributed by atoms with Crippen molar-refractivity contribution >= 4 is 19.8 Å². The van der Waals surface area contributed by atoms with Gasteiger partial charge in [-0.05, 0) is 57.8 Å². The second-order valence-corrected chi connectivity index (χ2v) is 24.1. The number of rotatable bonds is 64. The van der Waals surface area contributed by atoms with E-state index in [1.165, 1.54) is 231 Å². The first-order valence-electron chi connectivity index (χ1n) is 33.8. The van der Waals surface area contributed by atoms with E-state index in [-0.39, 0.29) is 38.6 Å². The summed E-state index contributed by atoms with van der Waals surface area (Å²) >= 11 is 0. The summed E-state index contributed by atoms with van der Waals surface area (Å²) in [6, 6.07) is 0. The van der Waals surface area contributed by atoms with Crippen LogP contribution in [0.15, 0.2) is 60.8 Å². The second kappa shape index (κ2) is 64.9. The van der Waals surface area contributed by atoms with Crippen LogP contribution >= 0.6 is 7.82 Å². The summed E-state index contributed by atoms with van der Waals surface area (Å²) in [6.07, 6.45) is 83.1. The molecule has 9 nitrogen and oxygen atoms in total. The topological polar surface area (TPSA) is 134 Å². The molecular weight excluding hydrogens is 1000 g/mol. The molecule has 0 aromatic carbocycles. The van der Waals surface area contributed by atoms with Gasteiger partial charge in [0.25, 0.3) is 0 Å². The van der Waals surface area contributed by atoms with Gasteiger partial charge in [-0.3, -0.25) is 18.6 Å². The zero-order valence-corrected chi connectivity index (χ0v) is 52.8. The van der Waals surface area contributed by atoms with Crippen molar-refractivity contribution in [2.75, 3.05) is 26.4 Å². The minimum Gasteiger partial charge on any atom is -0.462 e. The number of ether oxygens (including phenoxy) is 2. The summed E-state index contributed by atoms with van der Waals surface area (Å²) in [7, 11) is -4.39. The van der Waals surface area contributed by atoms with Crippen LogP contribution in [0.3, 0.4) is 0 Å². The van der Waals surface area contributed by atoms with Crippen molar-refractivity contribution in [3.8, 4) is 0 Å². The summed E-state index contributed by atoms with van der Waals surface area (Å²) in [5, 5.41) is 0. The van der Waals surface area contributed by atoms with Crippen LogP contribution in [0, 0.1) is 0 Å². The normalized spacial score (nSPS) is 13.3. The molecule has 0 aliphatic rings. The van der Waals surface area contributed by atoms with E-state index < -0.39 is 26.5 Å². The summed E-state index contributed by atoms with van der Waals surface area (Å²) < 4.78 is 33.2. The number of carbonyl (C=O) groups excluding carboxylic acids is 2. The van der Waals surface area contributed by atoms with Crippen molar-refractivity contribution in [1.82, 2.24) is 0 Å². The average Bonchev–Trinajstić information content (AvgIpc) is 3.44. The molecule has 10 heteroatoms. The first-order valence-corrected chi connectivity index (χ1v) is 35.3. The van der Waals surface area contributed by atoms with Gasteiger partial charge in [-0.1, -0.05) is 325 Å². The van der Waals surface area contributed by atoms with E-state index in [1.54, 1.807) is 0 Å². The third-order valence-electron chi connectivity index (χ3n) is 14.9. The Labute approximate surface area is 489 Å². The van der Waals surface area contributed by atoms with Crippen LogP contribution in [-0.4, -0.2) is 49.3 Å². The maximum absolute atomic E-state index is 12.8. The summed E-state index contributed by atoms with van der Waals surface area (Å²) in [5.74, 6) is -0.811. The average molecular weight is 1130 g/mol. The lowest BCUT2D eigenvalue weighted by molar-refractivity contribution is -0.161. The SMILES string of the molecule is CC/C=C\C/C=C\C/C=C\C/C=C\C/C=C\CCCCCCCCCCCCCCCCCC(=O)OC(COC(=O)CCCCCCCCCCCCCCCCCCCCCCCCCCCCC)COP(=O)(O)OCCN. The van der Waals surface area contributed by atoms with Crippen LogP contribution in [0.25, 0.3) is 0 Å². The van der Waals surface area contributed by atoms with Gasteiger partial charge in [0.2, 0.25) is 0 Å². The molecule has 79 heavy (non-hydrogen) atoms. The number of phosphoric ester groups is 1. The molecule has 0 amide bonds. The Morgan fingerprint density at radius 3 is 1.04 bits per heavy atom. The highest BCUT2D eigenvalue weighted by Gasteiger charge is 2.26. The standard InChI is InChI=1S/C69H128NO8P/c1-3-5-7-9-11-13-15-17-19-21-23-25-27-29-31-32-33-34-36-38-40-42-44-46-48-50-52-54-56-58-60-62-69(72)78-67(66-77-79(73,74)76-64-63-70)65-75-68(71)61-59-57-55-53-51-49-47-45-43-41-39-37-35-30-28-26-24-22-20-18-16-14-12-10-8-6-4-2/h5,7,11,13,17,19,23,25,29,31,67H,3-4,6,8-10,12,14-16,18,20-22,24,26-28,30,32-66,70H2,1-2H3,(H,73,74)/b7-5-,13-11-,19-17-,25-23-,31-29-. The number of carbonyl (C=O) groups is 2. The molecule has 0 heterocycles. The largest absolute Gasteiger partial charge is 0.472 e. The molecule has 0 saturated carbocycles. The molecule has 3 N–H and O–H groups in total. The van der Waals surface area contributed by atoms with E-state index >= 15 is 0 Å². The number of hydrogen-bond acceptors (Lipinski definition) is 8. The van der Waals surface area contributed by atoms with Gasteiger partial charge in [0, 0.05) is 19.4 Å². The van der Waals surface area contributed by atoms with E-state index in [2.05, 4.69) is 74.6 Å². The molecule has 0 aliphatic heterocycles. The Bertz CT molecular complexity index is 1480. The van der Waals surface area contributed by atoms with Gasteiger partial charge in [0.15, 0.2) is 6.10 Å². The Morgan fingerprint density at radius 1 is 0.392 bits per heavy atom. The zero-order chi connectivity index (χ0) is 57.3. The second-order valence-electron chi connectivity index (χ2n) is 22.7. The number of nitrogens with two attached hydrogens (primary N) is 1. The Kier molecular flexibility index (Phi) is 63.0. The number of phosphoric acid groups is 1. The van der Waals surface area contributed by atoms with Gasteiger partial charge in [0.1, 0.15) is 6.61 Å². The molecule has 0 aromatic rings. The fourth-order valence-electron chi connectivity index (χ4n) is 9.96. The fraction of sp³-hybridized carbons (Fsp3) is 0.826. The minimum absolute atomic E-state index is 0.0542. The monoisotopic (exact) mass is 1130 g/mol. The molecular formula is C69H128NO8P. The van der Waals surface area contributed by atoms with Gasteiger partial charge in [0.05, 0.1) is 13.2 Å². The lowest BCUT2D eigenvalue weighted by Gasteiger charge is -2.19. The molecule has 0 bridgehead atoms. The van der Waals surface area contributed by atoms with E-state index in [1.807, 2.05) is 0 Å². The minimum atomic E-state index is -4.39.